The quantitative estimate of drug-likeness (QED) is 0.773. The van der Waals surface area contributed by atoms with E-state index >= 15 is 0 Å². The van der Waals surface area contributed by atoms with Crippen LogP contribution in [0.15, 0.2) is 22.6 Å². The monoisotopic (exact) mass is 202 g/mol. The zero-order valence-electron chi connectivity index (χ0n) is 9.16. The van der Waals surface area contributed by atoms with Gasteiger partial charge in [0.25, 0.3) is 6.01 Å². The van der Waals surface area contributed by atoms with Crippen molar-refractivity contribution in [3.05, 3.63) is 35.0 Å². The second kappa shape index (κ2) is 3.42. The number of aromatic nitrogens is 1. The number of benzene rings is 1. The van der Waals surface area contributed by atoms with Crippen LogP contribution in [0.1, 0.15) is 16.8 Å². The summed E-state index contributed by atoms with van der Waals surface area (Å²) in [6.45, 7) is 6.05. The minimum atomic E-state index is 0.223. The minimum Gasteiger partial charge on any atom is -0.423 e. The normalized spacial score (nSPS) is 10.6. The molecule has 1 heterocycles. The van der Waals surface area contributed by atoms with Gasteiger partial charge in [0.2, 0.25) is 0 Å². The Hall–Kier alpha value is -1.77. The van der Waals surface area contributed by atoms with Crippen molar-refractivity contribution in [1.29, 1.82) is 0 Å². The Balaban J connectivity index is 2.54. The lowest BCUT2D eigenvalue weighted by Crippen LogP contribution is -1.83. The van der Waals surface area contributed by atoms with Crippen LogP contribution in [0.25, 0.3) is 11.3 Å². The topological polar surface area (TPSA) is 52.0 Å². The Morgan fingerprint density at radius 2 is 1.87 bits per heavy atom. The van der Waals surface area contributed by atoms with Crippen LogP contribution >= 0.6 is 0 Å². The van der Waals surface area contributed by atoms with E-state index in [-0.39, 0.29) is 6.01 Å². The molecule has 2 N–H and O–H groups in total. The molecule has 3 nitrogen and oxygen atoms in total. The van der Waals surface area contributed by atoms with Gasteiger partial charge in [-0.3, -0.25) is 0 Å². The summed E-state index contributed by atoms with van der Waals surface area (Å²) >= 11 is 0. The molecule has 0 atom stereocenters. The Morgan fingerprint density at radius 1 is 1.13 bits per heavy atom. The average molecular weight is 202 g/mol. The maximum absolute atomic E-state index is 5.51. The molecule has 3 heteroatoms. The Kier molecular flexibility index (Phi) is 2.23. The number of nitrogens with zero attached hydrogens (tertiary/aromatic N) is 1. The lowest BCUT2D eigenvalue weighted by atomic mass is 10.0. The molecule has 0 bridgehead atoms. The first kappa shape index (κ1) is 9.77. The van der Waals surface area contributed by atoms with Gasteiger partial charge in [-0.05, 0) is 38.0 Å². The third-order valence-electron chi connectivity index (χ3n) is 2.58. The van der Waals surface area contributed by atoms with Crippen LogP contribution in [0.3, 0.4) is 0 Å². The summed E-state index contributed by atoms with van der Waals surface area (Å²) < 4.78 is 5.36. The van der Waals surface area contributed by atoms with Crippen LogP contribution in [0.2, 0.25) is 0 Å². The number of hydrogen-bond donors (Lipinski definition) is 1. The summed E-state index contributed by atoms with van der Waals surface area (Å²) in [4.78, 5) is 4.05. The molecule has 0 unspecified atom stereocenters. The fourth-order valence-corrected chi connectivity index (χ4v) is 1.57. The molecule has 0 saturated heterocycles. The smallest absolute Gasteiger partial charge is 0.292 e. The van der Waals surface area contributed by atoms with Crippen molar-refractivity contribution in [2.45, 2.75) is 20.8 Å². The zero-order chi connectivity index (χ0) is 11.0. The van der Waals surface area contributed by atoms with Gasteiger partial charge >= 0.3 is 0 Å². The summed E-state index contributed by atoms with van der Waals surface area (Å²) in [5.74, 6) is 0.760. The SMILES string of the molecule is Cc1ccc(-c2oc(N)nc2C)cc1C. The van der Waals surface area contributed by atoms with E-state index in [1.54, 1.807) is 0 Å². The van der Waals surface area contributed by atoms with Gasteiger partial charge in [-0.25, -0.2) is 0 Å². The standard InChI is InChI=1S/C12H14N2O/c1-7-4-5-10(6-8(7)2)11-9(3)14-12(13)15-11/h4-6H,1-3H3,(H2,13,14). The van der Waals surface area contributed by atoms with E-state index in [0.29, 0.717) is 0 Å². The second-order valence-electron chi connectivity index (χ2n) is 3.77. The maximum atomic E-state index is 5.51. The van der Waals surface area contributed by atoms with Gasteiger partial charge in [0, 0.05) is 5.56 Å². The highest BCUT2D eigenvalue weighted by molar-refractivity contribution is 5.62. The molecule has 0 aliphatic rings. The third-order valence-corrected chi connectivity index (χ3v) is 2.58. The lowest BCUT2D eigenvalue weighted by molar-refractivity contribution is 0.594. The molecule has 0 amide bonds. The van der Waals surface area contributed by atoms with Crippen molar-refractivity contribution in [3.8, 4) is 11.3 Å². The molecule has 0 fully saturated rings. The van der Waals surface area contributed by atoms with Crippen LogP contribution in [0, 0.1) is 20.8 Å². The number of nitrogens with two attached hydrogens (primary N) is 1. The number of hydrogen-bond acceptors (Lipinski definition) is 3. The summed E-state index contributed by atoms with van der Waals surface area (Å²) in [5.41, 5.74) is 9.87. The lowest BCUT2D eigenvalue weighted by Gasteiger charge is -2.02. The third kappa shape index (κ3) is 1.73. The Bertz CT molecular complexity index is 500. The number of oxazole rings is 1. The van der Waals surface area contributed by atoms with Crippen molar-refractivity contribution in [2.24, 2.45) is 0 Å². The van der Waals surface area contributed by atoms with E-state index in [0.717, 1.165) is 17.0 Å². The molecule has 0 aliphatic carbocycles. The van der Waals surface area contributed by atoms with E-state index in [1.165, 1.54) is 11.1 Å². The Labute approximate surface area is 88.9 Å². The molecule has 15 heavy (non-hydrogen) atoms. The van der Waals surface area contributed by atoms with Gasteiger partial charge in [-0.15, -0.1) is 0 Å². The van der Waals surface area contributed by atoms with Crippen molar-refractivity contribution in [1.82, 2.24) is 4.98 Å². The van der Waals surface area contributed by atoms with Crippen molar-refractivity contribution < 1.29 is 4.42 Å². The van der Waals surface area contributed by atoms with Gasteiger partial charge in [0.1, 0.15) is 0 Å². The van der Waals surface area contributed by atoms with Crippen LogP contribution in [0.5, 0.6) is 0 Å². The number of rotatable bonds is 1. The minimum absolute atomic E-state index is 0.223. The highest BCUT2D eigenvalue weighted by Crippen LogP contribution is 2.26. The van der Waals surface area contributed by atoms with Crippen LogP contribution in [-0.2, 0) is 0 Å². The van der Waals surface area contributed by atoms with Crippen molar-refractivity contribution in [3.63, 3.8) is 0 Å². The first-order valence-corrected chi connectivity index (χ1v) is 4.88. The zero-order valence-corrected chi connectivity index (χ0v) is 9.16. The van der Waals surface area contributed by atoms with Crippen LogP contribution in [0.4, 0.5) is 6.01 Å². The van der Waals surface area contributed by atoms with Gasteiger partial charge in [0.15, 0.2) is 5.76 Å². The largest absolute Gasteiger partial charge is 0.423 e. The summed E-state index contributed by atoms with van der Waals surface area (Å²) in [7, 11) is 0. The highest BCUT2D eigenvalue weighted by atomic mass is 16.4. The fourth-order valence-electron chi connectivity index (χ4n) is 1.57. The first-order chi connectivity index (χ1) is 7.08. The predicted molar refractivity (Wildman–Crippen MR) is 60.6 cm³/mol. The van der Waals surface area contributed by atoms with Crippen LogP contribution in [-0.4, -0.2) is 4.98 Å². The number of aryl methyl sites for hydroxylation is 3. The highest BCUT2D eigenvalue weighted by Gasteiger charge is 2.10. The average Bonchev–Trinajstić information content (AvgIpc) is 2.50. The molecule has 2 aromatic rings. The van der Waals surface area contributed by atoms with Gasteiger partial charge in [0.05, 0.1) is 5.69 Å². The second-order valence-corrected chi connectivity index (χ2v) is 3.77. The number of anilines is 1. The van der Waals surface area contributed by atoms with Gasteiger partial charge < -0.3 is 10.2 Å². The Morgan fingerprint density at radius 3 is 2.40 bits per heavy atom. The fraction of sp³-hybridized carbons (Fsp3) is 0.250. The molecule has 78 valence electrons. The van der Waals surface area contributed by atoms with Crippen LogP contribution < -0.4 is 5.73 Å². The summed E-state index contributed by atoms with van der Waals surface area (Å²) in [5, 5.41) is 0. The predicted octanol–water partition coefficient (Wildman–Crippen LogP) is 2.85. The van der Waals surface area contributed by atoms with E-state index in [1.807, 2.05) is 13.0 Å². The molecule has 1 aromatic carbocycles. The van der Waals surface area contributed by atoms with Crippen molar-refractivity contribution >= 4 is 6.01 Å². The number of nitrogen functional groups attached to an aromatic ring is 1. The molecular formula is C12H14N2O. The van der Waals surface area contributed by atoms with Gasteiger partial charge in [-0.1, -0.05) is 12.1 Å². The van der Waals surface area contributed by atoms with E-state index in [2.05, 4.69) is 31.0 Å². The van der Waals surface area contributed by atoms with E-state index in [9.17, 15) is 0 Å². The molecule has 2 rings (SSSR count). The molecule has 0 aliphatic heterocycles. The maximum Gasteiger partial charge on any atom is 0.292 e. The summed E-state index contributed by atoms with van der Waals surface area (Å²) in [6, 6.07) is 6.40. The van der Waals surface area contributed by atoms with E-state index < -0.39 is 0 Å². The summed E-state index contributed by atoms with van der Waals surface area (Å²) in [6.07, 6.45) is 0. The molecule has 1 aromatic heterocycles. The first-order valence-electron chi connectivity index (χ1n) is 4.88. The van der Waals surface area contributed by atoms with Gasteiger partial charge in [-0.2, -0.15) is 4.98 Å². The molecule has 0 spiro atoms. The van der Waals surface area contributed by atoms with E-state index in [4.69, 9.17) is 10.2 Å². The molecule has 0 radical (unpaired) electrons. The van der Waals surface area contributed by atoms with Crippen molar-refractivity contribution in [2.75, 3.05) is 5.73 Å². The molecule has 0 saturated carbocycles. The molecular weight excluding hydrogens is 188 g/mol.